The maximum atomic E-state index is 13.1. The highest BCUT2D eigenvalue weighted by Crippen LogP contribution is 2.34. The highest BCUT2D eigenvalue weighted by Gasteiger charge is 2.18. The molecule has 0 bridgehead atoms. The molecule has 1 aromatic heterocycles. The van der Waals surface area contributed by atoms with Crippen LogP contribution in [-0.4, -0.2) is 44.9 Å². The number of carbonyl (C=O) groups is 1. The van der Waals surface area contributed by atoms with Crippen LogP contribution < -0.4 is 4.74 Å². The fraction of sp³-hybridized carbons (Fsp3) is 0.579. The molecule has 65 heavy (non-hydrogen) atoms. The molecular formula is C57H91N3O5. The quantitative estimate of drug-likeness (QED) is 0.0406. The van der Waals surface area contributed by atoms with E-state index < -0.39 is 0 Å². The Morgan fingerprint density at radius 3 is 1.63 bits per heavy atom. The number of phenolic OH excluding ortho intramolecular Hbond substituents is 2. The van der Waals surface area contributed by atoms with Gasteiger partial charge in [0.25, 0.3) is 0 Å². The zero-order valence-electron chi connectivity index (χ0n) is 43.3. The van der Waals surface area contributed by atoms with Crippen LogP contribution in [-0.2, 0) is 4.74 Å². The van der Waals surface area contributed by atoms with E-state index in [2.05, 4.69) is 76.4 Å². The number of aromatic hydroxyl groups is 2. The molecule has 3 aromatic carbocycles. The number of carbonyl (C=O) groups excluding carboxylic acids is 1. The van der Waals surface area contributed by atoms with Gasteiger partial charge >= 0.3 is 5.97 Å². The van der Waals surface area contributed by atoms with Gasteiger partial charge in [-0.05, 0) is 80.8 Å². The number of allylic oxidation sites excluding steroid dienone is 2. The Kier molecular flexibility index (Phi) is 35.7. The van der Waals surface area contributed by atoms with Gasteiger partial charge in [0, 0.05) is 11.6 Å². The van der Waals surface area contributed by atoms with Crippen molar-refractivity contribution in [1.82, 2.24) is 15.0 Å². The number of para-hydroxylation sites is 1. The summed E-state index contributed by atoms with van der Waals surface area (Å²) in [5, 5.41) is 21.3. The van der Waals surface area contributed by atoms with Crippen molar-refractivity contribution < 1.29 is 24.5 Å². The second-order valence-electron chi connectivity index (χ2n) is 16.5. The molecule has 0 fully saturated rings. The van der Waals surface area contributed by atoms with E-state index in [0.29, 0.717) is 46.4 Å². The molecule has 0 saturated heterocycles. The van der Waals surface area contributed by atoms with Crippen LogP contribution in [0.4, 0.5) is 0 Å². The first-order valence-electron chi connectivity index (χ1n) is 25.4. The number of phenols is 2. The number of esters is 1. The number of rotatable bonds is 24. The summed E-state index contributed by atoms with van der Waals surface area (Å²) in [5.74, 6) is 2.21. The van der Waals surface area contributed by atoms with E-state index in [1.807, 2.05) is 27.7 Å². The second kappa shape index (κ2) is 38.5. The molecule has 1 unspecified atom stereocenters. The van der Waals surface area contributed by atoms with Crippen molar-refractivity contribution in [2.45, 2.75) is 192 Å². The number of unbranched alkanes of at least 4 members (excludes halogenated alkanes) is 9. The van der Waals surface area contributed by atoms with E-state index in [0.717, 1.165) is 18.8 Å². The van der Waals surface area contributed by atoms with Crippen molar-refractivity contribution >= 4 is 5.97 Å². The minimum absolute atomic E-state index is 0.0211. The number of ether oxygens (including phenoxy) is 2. The Hall–Kier alpha value is -4.72. The molecule has 4 rings (SSSR count). The summed E-state index contributed by atoms with van der Waals surface area (Å²) < 4.78 is 11.1. The summed E-state index contributed by atoms with van der Waals surface area (Å²) >= 11 is 0. The monoisotopic (exact) mass is 898 g/mol. The molecule has 364 valence electrons. The number of benzene rings is 3. The highest BCUT2D eigenvalue weighted by molar-refractivity contribution is 5.90. The maximum absolute atomic E-state index is 13.1. The second-order valence-corrected chi connectivity index (χ2v) is 16.5. The lowest BCUT2D eigenvalue weighted by atomic mass is 9.95. The van der Waals surface area contributed by atoms with Crippen LogP contribution in [0.1, 0.15) is 203 Å². The molecule has 0 amide bonds. The van der Waals surface area contributed by atoms with Gasteiger partial charge in [-0.15, -0.1) is 0 Å². The summed E-state index contributed by atoms with van der Waals surface area (Å²) in [6, 6.07) is 18.6. The third-order valence-electron chi connectivity index (χ3n) is 10.7. The van der Waals surface area contributed by atoms with Crippen LogP contribution in [0, 0.1) is 11.8 Å². The lowest BCUT2D eigenvalue weighted by molar-refractivity contribution is 0.0422. The van der Waals surface area contributed by atoms with E-state index in [4.69, 9.17) is 9.47 Å². The smallest absolute Gasteiger partial charge is 0.338 e. The Morgan fingerprint density at radius 1 is 0.631 bits per heavy atom. The molecule has 0 spiro atoms. The molecular weight excluding hydrogens is 807 g/mol. The summed E-state index contributed by atoms with van der Waals surface area (Å²) in [7, 11) is 1.52. The largest absolute Gasteiger partial charge is 0.507 e. The van der Waals surface area contributed by atoms with Gasteiger partial charge in [-0.3, -0.25) is 0 Å². The predicted molar refractivity (Wildman–Crippen MR) is 278 cm³/mol. The molecule has 0 aliphatic heterocycles. The fourth-order valence-corrected chi connectivity index (χ4v) is 6.76. The van der Waals surface area contributed by atoms with E-state index in [9.17, 15) is 15.0 Å². The van der Waals surface area contributed by atoms with Crippen molar-refractivity contribution in [3.63, 3.8) is 0 Å². The minimum atomic E-state index is -0.340. The van der Waals surface area contributed by atoms with Gasteiger partial charge in [0.15, 0.2) is 17.5 Å². The Labute approximate surface area is 397 Å². The summed E-state index contributed by atoms with van der Waals surface area (Å²) in [4.78, 5) is 27.0. The zero-order chi connectivity index (χ0) is 48.8. The lowest BCUT2D eigenvalue weighted by Crippen LogP contribution is -2.15. The first kappa shape index (κ1) is 60.3. The van der Waals surface area contributed by atoms with Crippen LogP contribution >= 0.6 is 0 Å². The third-order valence-corrected chi connectivity index (χ3v) is 10.7. The lowest BCUT2D eigenvalue weighted by Gasteiger charge is -2.17. The summed E-state index contributed by atoms with van der Waals surface area (Å²) in [6.07, 6.45) is 23.4. The molecule has 0 aliphatic carbocycles. The first-order valence-corrected chi connectivity index (χ1v) is 25.4. The SMILES string of the molecule is CC.CC.CC/C=C(\C)CC.CCCCC(C)C.CCCCCCCCC(CCCCCC)COC(=O)c1ccc(-c2nc(-c3ccccc3O)nc(-c3ccc(OC)cc3O)n2)cc1. The van der Waals surface area contributed by atoms with Crippen molar-refractivity contribution in [2.75, 3.05) is 13.7 Å². The maximum Gasteiger partial charge on any atom is 0.338 e. The average Bonchev–Trinajstić information content (AvgIpc) is 3.33. The van der Waals surface area contributed by atoms with Gasteiger partial charge in [-0.2, -0.15) is 0 Å². The van der Waals surface area contributed by atoms with Crippen LogP contribution in [0.15, 0.2) is 78.4 Å². The normalized spacial score (nSPS) is 11.1. The molecule has 0 radical (unpaired) electrons. The molecule has 1 heterocycles. The van der Waals surface area contributed by atoms with Crippen molar-refractivity contribution in [2.24, 2.45) is 11.8 Å². The number of methoxy groups -OCH3 is 1. The van der Waals surface area contributed by atoms with Gasteiger partial charge in [-0.25, -0.2) is 19.7 Å². The standard InChI is InChI=1S/C39H49N3O5.C7H16.C7H14.2C2H6/c1-4-6-8-10-11-13-17-28(16-12-9-7-5-2)27-47-39(45)30-22-20-29(21-23-30)36-40-37(32-18-14-15-19-34(32)43)42-38(41-36)33-25-24-31(46-3)26-35(33)44;1-4-5-6-7(2)3;1-4-6-7(3)5-2;2*1-2/h14-15,18-26,28,43-44H,4-13,16-17,27H2,1-3H3;7H,4-6H2,1-3H3;6H,4-5H2,1-3H3;2*1-2H3/b;;7-6+;;. The van der Waals surface area contributed by atoms with E-state index >= 15 is 0 Å². The average molecular weight is 898 g/mol. The predicted octanol–water partition coefficient (Wildman–Crippen LogP) is 17.4. The van der Waals surface area contributed by atoms with Crippen LogP contribution in [0.2, 0.25) is 0 Å². The van der Waals surface area contributed by atoms with Crippen LogP contribution in [0.25, 0.3) is 34.2 Å². The summed E-state index contributed by atoms with van der Waals surface area (Å²) in [5.41, 5.74) is 3.42. The van der Waals surface area contributed by atoms with Crippen molar-refractivity contribution in [1.29, 1.82) is 0 Å². The van der Waals surface area contributed by atoms with Crippen LogP contribution in [0.5, 0.6) is 17.2 Å². The van der Waals surface area contributed by atoms with E-state index in [1.165, 1.54) is 115 Å². The topological polar surface area (TPSA) is 115 Å². The Bertz CT molecular complexity index is 1820. The highest BCUT2D eigenvalue weighted by atomic mass is 16.5. The van der Waals surface area contributed by atoms with Gasteiger partial charge < -0.3 is 19.7 Å². The minimum Gasteiger partial charge on any atom is -0.507 e. The molecule has 8 heteroatoms. The summed E-state index contributed by atoms with van der Waals surface area (Å²) in [6.45, 7) is 26.2. The molecule has 2 N–H and O–H groups in total. The molecule has 4 aromatic rings. The zero-order valence-corrected chi connectivity index (χ0v) is 43.3. The first-order chi connectivity index (χ1) is 31.5. The van der Waals surface area contributed by atoms with Gasteiger partial charge in [0.2, 0.25) is 0 Å². The van der Waals surface area contributed by atoms with Crippen molar-refractivity contribution in [3.8, 4) is 51.4 Å². The number of aromatic nitrogens is 3. The number of nitrogens with zero attached hydrogens (tertiary/aromatic N) is 3. The Balaban J connectivity index is 0.00000193. The van der Waals surface area contributed by atoms with Gasteiger partial charge in [-0.1, -0.05) is 196 Å². The number of hydrogen-bond acceptors (Lipinski definition) is 8. The molecule has 8 nitrogen and oxygen atoms in total. The number of hydrogen-bond donors (Lipinski definition) is 2. The van der Waals surface area contributed by atoms with Crippen LogP contribution in [0.3, 0.4) is 0 Å². The Morgan fingerprint density at radius 2 is 1.15 bits per heavy atom. The van der Waals surface area contributed by atoms with Gasteiger partial charge in [0.05, 0.1) is 30.4 Å². The van der Waals surface area contributed by atoms with Gasteiger partial charge in [0.1, 0.15) is 17.2 Å². The molecule has 0 saturated carbocycles. The van der Waals surface area contributed by atoms with E-state index in [-0.39, 0.29) is 29.1 Å². The molecule has 1 atom stereocenters. The third kappa shape index (κ3) is 25.5. The van der Waals surface area contributed by atoms with E-state index in [1.54, 1.807) is 60.7 Å². The molecule has 0 aliphatic rings. The fourth-order valence-electron chi connectivity index (χ4n) is 6.76. The van der Waals surface area contributed by atoms with Crippen molar-refractivity contribution in [3.05, 3.63) is 83.9 Å².